The summed E-state index contributed by atoms with van der Waals surface area (Å²) in [5.74, 6) is -0.507. The summed E-state index contributed by atoms with van der Waals surface area (Å²) in [4.78, 5) is 13.0. The Morgan fingerprint density at radius 2 is 1.89 bits per heavy atom. The fourth-order valence-electron chi connectivity index (χ4n) is 2.92. The van der Waals surface area contributed by atoms with Crippen molar-refractivity contribution in [2.24, 2.45) is 0 Å². The highest BCUT2D eigenvalue weighted by Crippen LogP contribution is 2.36. The van der Waals surface area contributed by atoms with Crippen LogP contribution in [0.25, 0.3) is 22.1 Å². The van der Waals surface area contributed by atoms with E-state index in [9.17, 15) is 20.1 Å². The first-order chi connectivity index (χ1) is 13.4. The number of phenols is 3. The Morgan fingerprint density at radius 3 is 2.54 bits per heavy atom. The van der Waals surface area contributed by atoms with Crippen molar-refractivity contribution < 1.29 is 29.6 Å². The minimum atomic E-state index is -0.507. The molecular formula is C21H20O7. The van der Waals surface area contributed by atoms with Crippen molar-refractivity contribution in [3.63, 3.8) is 0 Å². The van der Waals surface area contributed by atoms with Crippen molar-refractivity contribution in [3.05, 3.63) is 58.0 Å². The third kappa shape index (κ3) is 3.39. The monoisotopic (exact) mass is 384 g/mol. The lowest BCUT2D eigenvalue weighted by molar-refractivity contribution is 0.331. The number of fused-ring (bicyclic) bond motifs is 1. The summed E-state index contributed by atoms with van der Waals surface area (Å²) in [6.45, 7) is 1.59. The van der Waals surface area contributed by atoms with E-state index in [1.54, 1.807) is 19.1 Å². The molecule has 0 aliphatic rings. The van der Waals surface area contributed by atoms with Crippen LogP contribution in [0.1, 0.15) is 12.5 Å². The van der Waals surface area contributed by atoms with Crippen molar-refractivity contribution in [2.45, 2.75) is 13.3 Å². The summed E-state index contributed by atoms with van der Waals surface area (Å²) in [5.41, 5.74) is 1.09. The topological polar surface area (TPSA) is 120 Å². The molecule has 0 fully saturated rings. The van der Waals surface area contributed by atoms with Crippen LogP contribution in [0.4, 0.5) is 0 Å². The fourth-order valence-corrected chi connectivity index (χ4v) is 2.92. The molecule has 3 aromatic rings. The van der Waals surface area contributed by atoms with Crippen LogP contribution >= 0.6 is 0 Å². The maximum absolute atomic E-state index is 13.0. The van der Waals surface area contributed by atoms with Crippen molar-refractivity contribution in [2.75, 3.05) is 13.7 Å². The number of rotatable bonds is 5. The molecule has 0 amide bonds. The molecule has 0 spiro atoms. The van der Waals surface area contributed by atoms with Gasteiger partial charge in [0.1, 0.15) is 28.7 Å². The number of aliphatic hydroxyl groups excluding tert-OH is 1. The lowest BCUT2D eigenvalue weighted by atomic mass is 10.0. The van der Waals surface area contributed by atoms with E-state index >= 15 is 0 Å². The van der Waals surface area contributed by atoms with Gasteiger partial charge in [-0.2, -0.15) is 0 Å². The molecule has 1 aromatic heterocycles. The van der Waals surface area contributed by atoms with E-state index in [4.69, 9.17) is 14.3 Å². The number of phenolic OH excluding ortho intramolecular Hbond substituents is 3. The first kappa shape index (κ1) is 19.3. The van der Waals surface area contributed by atoms with Crippen LogP contribution in [-0.2, 0) is 6.42 Å². The van der Waals surface area contributed by atoms with E-state index in [-0.39, 0.29) is 46.8 Å². The number of allylic oxidation sites excluding steroid dienone is 1. The molecule has 0 atom stereocenters. The third-order valence-electron chi connectivity index (χ3n) is 4.50. The van der Waals surface area contributed by atoms with Crippen LogP contribution in [0.15, 0.2) is 51.4 Å². The van der Waals surface area contributed by atoms with Gasteiger partial charge in [0.2, 0.25) is 5.43 Å². The fraction of sp³-hybridized carbons (Fsp3) is 0.190. The molecule has 2 aromatic carbocycles. The summed E-state index contributed by atoms with van der Waals surface area (Å²) < 4.78 is 10.6. The summed E-state index contributed by atoms with van der Waals surface area (Å²) >= 11 is 0. The lowest BCUT2D eigenvalue weighted by Gasteiger charge is -2.11. The van der Waals surface area contributed by atoms with Crippen LogP contribution in [0.2, 0.25) is 0 Å². The molecule has 0 saturated heterocycles. The van der Waals surface area contributed by atoms with Gasteiger partial charge in [-0.15, -0.1) is 0 Å². The molecule has 0 radical (unpaired) electrons. The van der Waals surface area contributed by atoms with Crippen molar-refractivity contribution in [1.29, 1.82) is 0 Å². The van der Waals surface area contributed by atoms with E-state index in [0.717, 1.165) is 6.07 Å². The van der Waals surface area contributed by atoms with Gasteiger partial charge in [0.05, 0.1) is 19.3 Å². The summed E-state index contributed by atoms with van der Waals surface area (Å²) in [6.07, 6.45) is 3.12. The van der Waals surface area contributed by atoms with Crippen LogP contribution < -0.4 is 10.2 Å². The Hall–Kier alpha value is -3.45. The van der Waals surface area contributed by atoms with E-state index in [1.807, 2.05) is 0 Å². The van der Waals surface area contributed by atoms with Gasteiger partial charge >= 0.3 is 0 Å². The molecule has 4 N–H and O–H groups in total. The Balaban J connectivity index is 2.21. The van der Waals surface area contributed by atoms with Gasteiger partial charge in [0, 0.05) is 11.6 Å². The number of hydrogen-bond donors (Lipinski definition) is 4. The van der Waals surface area contributed by atoms with Gasteiger partial charge in [0.15, 0.2) is 11.5 Å². The second-order valence-corrected chi connectivity index (χ2v) is 6.38. The first-order valence-electron chi connectivity index (χ1n) is 8.50. The van der Waals surface area contributed by atoms with Gasteiger partial charge in [0.25, 0.3) is 0 Å². The normalized spacial score (nSPS) is 11.8. The second kappa shape index (κ2) is 7.66. The maximum Gasteiger partial charge on any atom is 0.204 e. The Morgan fingerprint density at radius 1 is 1.14 bits per heavy atom. The molecule has 0 aliphatic carbocycles. The molecule has 0 unspecified atom stereocenters. The molecule has 3 rings (SSSR count). The first-order valence-corrected chi connectivity index (χ1v) is 8.50. The zero-order valence-electron chi connectivity index (χ0n) is 15.4. The Bertz CT molecular complexity index is 1130. The quantitative estimate of drug-likeness (QED) is 0.499. The van der Waals surface area contributed by atoms with Crippen LogP contribution in [0.5, 0.6) is 23.0 Å². The van der Waals surface area contributed by atoms with Crippen molar-refractivity contribution >= 4 is 11.0 Å². The van der Waals surface area contributed by atoms with E-state index < -0.39 is 11.2 Å². The molecule has 0 saturated carbocycles. The van der Waals surface area contributed by atoms with Crippen LogP contribution in [-0.4, -0.2) is 34.1 Å². The number of hydrogen-bond acceptors (Lipinski definition) is 7. The van der Waals surface area contributed by atoms with Crippen molar-refractivity contribution in [1.82, 2.24) is 0 Å². The van der Waals surface area contributed by atoms with Gasteiger partial charge in [-0.05, 0) is 31.0 Å². The molecule has 146 valence electrons. The zero-order valence-corrected chi connectivity index (χ0v) is 15.4. The summed E-state index contributed by atoms with van der Waals surface area (Å²) in [6, 6.07) is 5.55. The Labute approximate surface area is 160 Å². The van der Waals surface area contributed by atoms with Gasteiger partial charge in [-0.25, -0.2) is 0 Å². The molecule has 28 heavy (non-hydrogen) atoms. The molecule has 1 heterocycles. The average molecular weight is 384 g/mol. The number of aromatic hydroxyl groups is 3. The molecule has 0 aliphatic heterocycles. The smallest absolute Gasteiger partial charge is 0.204 e. The zero-order chi connectivity index (χ0) is 20.4. The highest BCUT2D eigenvalue weighted by atomic mass is 16.5. The van der Waals surface area contributed by atoms with Crippen LogP contribution in [0, 0.1) is 0 Å². The molecule has 0 bridgehead atoms. The van der Waals surface area contributed by atoms with Gasteiger partial charge < -0.3 is 29.6 Å². The second-order valence-electron chi connectivity index (χ2n) is 6.38. The molecule has 7 heteroatoms. The largest absolute Gasteiger partial charge is 0.507 e. The number of ether oxygens (including phenoxy) is 1. The lowest BCUT2D eigenvalue weighted by Crippen LogP contribution is -2.06. The van der Waals surface area contributed by atoms with Gasteiger partial charge in [-0.3, -0.25) is 4.79 Å². The van der Waals surface area contributed by atoms with E-state index in [0.29, 0.717) is 16.7 Å². The maximum atomic E-state index is 13.0. The van der Waals surface area contributed by atoms with Gasteiger partial charge in [-0.1, -0.05) is 17.7 Å². The molecule has 7 nitrogen and oxygen atoms in total. The highest BCUT2D eigenvalue weighted by Gasteiger charge is 2.19. The average Bonchev–Trinajstić information content (AvgIpc) is 2.67. The van der Waals surface area contributed by atoms with Crippen LogP contribution in [0.3, 0.4) is 0 Å². The minimum Gasteiger partial charge on any atom is -0.507 e. The number of aliphatic hydroxyl groups is 1. The van der Waals surface area contributed by atoms with E-state index in [1.165, 1.54) is 25.5 Å². The molecular weight excluding hydrogens is 364 g/mol. The summed E-state index contributed by atoms with van der Waals surface area (Å²) in [5, 5.41) is 39.5. The standard InChI is InChI=1S/C21H20O7/c1-11(9-22)3-5-13-15(23)8-17(25)19-20(26)14(10-28-21(13)19)12-4-6-18(27-2)16(24)7-12/h3-4,6-8,10,22-25H,5,9H2,1-2H3/b11-3+. The minimum absolute atomic E-state index is 0.0611. The Kier molecular flexibility index (Phi) is 5.28. The summed E-state index contributed by atoms with van der Waals surface area (Å²) in [7, 11) is 1.41. The third-order valence-corrected chi connectivity index (χ3v) is 4.50. The number of benzene rings is 2. The predicted octanol–water partition coefficient (Wildman–Crippen LogP) is 3.07. The number of methoxy groups -OCH3 is 1. The van der Waals surface area contributed by atoms with E-state index in [2.05, 4.69) is 0 Å². The SMILES string of the molecule is COc1ccc(-c2coc3c(C/C=C(\C)CO)c(O)cc(O)c3c2=O)cc1O. The highest BCUT2D eigenvalue weighted by molar-refractivity contribution is 5.91. The predicted molar refractivity (Wildman–Crippen MR) is 104 cm³/mol. The van der Waals surface area contributed by atoms with Crippen molar-refractivity contribution in [3.8, 4) is 34.1 Å².